The zero-order valence-electron chi connectivity index (χ0n) is 17.7. The summed E-state index contributed by atoms with van der Waals surface area (Å²) in [5.74, 6) is 0.692. The number of hydrogen-bond acceptors (Lipinski definition) is 6. The predicted molar refractivity (Wildman–Crippen MR) is 124 cm³/mol. The van der Waals surface area contributed by atoms with Crippen LogP contribution in [-0.2, 0) is 25.6 Å². The molecule has 170 valence electrons. The predicted octanol–water partition coefficient (Wildman–Crippen LogP) is 6.34. The first-order valence-corrected chi connectivity index (χ1v) is 11.8. The minimum Gasteiger partial charge on any atom is -0.350 e. The zero-order valence-corrected chi connectivity index (χ0v) is 19.2. The van der Waals surface area contributed by atoms with Crippen LogP contribution in [0, 0.1) is 0 Å². The molecule has 33 heavy (non-hydrogen) atoms. The van der Waals surface area contributed by atoms with Crippen LogP contribution in [0.3, 0.4) is 0 Å². The van der Waals surface area contributed by atoms with Crippen LogP contribution in [0.4, 0.5) is 19.0 Å². The van der Waals surface area contributed by atoms with Gasteiger partial charge in [-0.15, -0.1) is 11.3 Å². The normalized spacial score (nSPS) is 14.0. The van der Waals surface area contributed by atoms with Crippen LogP contribution >= 0.6 is 22.9 Å². The number of fused-ring (bicyclic) bond motifs is 2. The number of thiophene rings is 1. The number of hydrogen-bond donors (Lipinski definition) is 0. The van der Waals surface area contributed by atoms with Crippen molar-refractivity contribution in [3.63, 3.8) is 0 Å². The molecule has 0 amide bonds. The molecule has 1 aliphatic heterocycles. The lowest BCUT2D eigenvalue weighted by Crippen LogP contribution is -2.34. The Kier molecular flexibility index (Phi) is 5.70. The molecule has 0 aliphatic carbocycles. The fourth-order valence-corrected chi connectivity index (χ4v) is 5.44. The number of rotatable bonds is 4. The lowest BCUT2D eigenvalue weighted by molar-refractivity contribution is -0.141. The first-order valence-electron chi connectivity index (χ1n) is 10.6. The third kappa shape index (κ3) is 4.27. The Hall–Kier alpha value is -2.78. The van der Waals surface area contributed by atoms with Crippen LogP contribution in [0.15, 0.2) is 36.4 Å². The van der Waals surface area contributed by atoms with Crippen LogP contribution in [0.2, 0.25) is 5.28 Å². The van der Waals surface area contributed by atoms with Gasteiger partial charge in [-0.05, 0) is 30.5 Å². The van der Waals surface area contributed by atoms with Gasteiger partial charge in [0.1, 0.15) is 10.6 Å². The van der Waals surface area contributed by atoms with Crippen molar-refractivity contribution in [2.24, 2.45) is 0 Å². The van der Waals surface area contributed by atoms with Crippen LogP contribution in [-0.4, -0.2) is 26.5 Å². The number of halogens is 4. The molecule has 5 nitrogen and oxygen atoms in total. The van der Waals surface area contributed by atoms with Crippen molar-refractivity contribution in [1.29, 1.82) is 0 Å². The molecule has 1 aliphatic rings. The van der Waals surface area contributed by atoms with Crippen LogP contribution in [0.1, 0.15) is 35.2 Å². The molecule has 3 aromatic heterocycles. The summed E-state index contributed by atoms with van der Waals surface area (Å²) in [5, 5.41) is 0.988. The Balaban J connectivity index is 1.60. The summed E-state index contributed by atoms with van der Waals surface area (Å²) >= 11 is 7.77. The highest BCUT2D eigenvalue weighted by atomic mass is 35.5. The maximum atomic E-state index is 13.9. The Bertz CT molecular complexity index is 1320. The van der Waals surface area contributed by atoms with Crippen LogP contribution in [0.25, 0.3) is 21.6 Å². The van der Waals surface area contributed by atoms with Crippen LogP contribution in [0.5, 0.6) is 0 Å². The summed E-state index contributed by atoms with van der Waals surface area (Å²) in [6.45, 7) is 2.64. The molecule has 4 heterocycles. The van der Waals surface area contributed by atoms with Gasteiger partial charge < -0.3 is 4.90 Å². The Morgan fingerprint density at radius 2 is 1.88 bits per heavy atom. The molecule has 0 fully saturated rings. The number of aryl methyl sites for hydroxylation is 1. The molecule has 0 radical (unpaired) electrons. The number of nitrogens with zero attached hydrogens (tertiary/aromatic N) is 5. The van der Waals surface area contributed by atoms with Crippen molar-refractivity contribution in [2.75, 3.05) is 11.4 Å². The van der Waals surface area contributed by atoms with Gasteiger partial charge in [0.05, 0.1) is 17.6 Å². The van der Waals surface area contributed by atoms with Gasteiger partial charge in [-0.1, -0.05) is 43.7 Å². The second-order valence-corrected chi connectivity index (χ2v) is 9.31. The minimum atomic E-state index is -4.56. The van der Waals surface area contributed by atoms with E-state index in [1.54, 1.807) is 41.7 Å². The monoisotopic (exact) mass is 489 g/mol. The van der Waals surface area contributed by atoms with Crippen molar-refractivity contribution in [1.82, 2.24) is 19.9 Å². The number of benzene rings is 1. The number of aromatic nitrogens is 4. The molecule has 5 rings (SSSR count). The molecule has 10 heteroatoms. The van der Waals surface area contributed by atoms with Crippen molar-refractivity contribution in [3.05, 3.63) is 63.5 Å². The first kappa shape index (κ1) is 22.0. The third-order valence-corrected chi connectivity index (χ3v) is 6.82. The third-order valence-electron chi connectivity index (χ3n) is 5.56. The maximum absolute atomic E-state index is 13.9. The van der Waals surface area contributed by atoms with Gasteiger partial charge in [0.15, 0.2) is 11.5 Å². The topological polar surface area (TPSA) is 54.8 Å². The van der Waals surface area contributed by atoms with Crippen molar-refractivity contribution >= 4 is 39.0 Å². The number of alkyl halides is 3. The van der Waals surface area contributed by atoms with E-state index < -0.39 is 11.9 Å². The molecular formula is C23H19ClF3N5S. The maximum Gasteiger partial charge on any atom is 0.433 e. The first-order chi connectivity index (χ1) is 15.8. The van der Waals surface area contributed by atoms with Gasteiger partial charge in [0.2, 0.25) is 5.28 Å². The summed E-state index contributed by atoms with van der Waals surface area (Å²) in [5.41, 5.74) is 0.177. The molecule has 0 N–H and O–H groups in total. The average molecular weight is 490 g/mol. The van der Waals surface area contributed by atoms with Gasteiger partial charge in [0.25, 0.3) is 0 Å². The van der Waals surface area contributed by atoms with Gasteiger partial charge in [-0.3, -0.25) is 0 Å². The molecule has 4 aromatic rings. The lowest BCUT2D eigenvalue weighted by Gasteiger charge is -2.31. The van der Waals surface area contributed by atoms with E-state index in [1.165, 1.54) is 4.88 Å². The molecule has 0 saturated heterocycles. The summed E-state index contributed by atoms with van der Waals surface area (Å²) in [4.78, 5) is 21.1. The van der Waals surface area contributed by atoms with Crippen molar-refractivity contribution in [3.8, 4) is 11.4 Å². The highest BCUT2D eigenvalue weighted by molar-refractivity contribution is 7.18. The SMILES string of the molecule is CCCc1cc2c(N3CCc4c(nc(-c5ccccc5)nc4C(F)(F)F)C3)nc(Cl)nc2s1. The smallest absolute Gasteiger partial charge is 0.350 e. The Morgan fingerprint density at radius 3 is 2.61 bits per heavy atom. The van der Waals surface area contributed by atoms with E-state index >= 15 is 0 Å². The molecule has 0 saturated carbocycles. The van der Waals surface area contributed by atoms with Crippen molar-refractivity contribution in [2.45, 2.75) is 38.9 Å². The number of anilines is 1. The summed E-state index contributed by atoms with van der Waals surface area (Å²) < 4.78 is 41.7. The van der Waals surface area contributed by atoms with E-state index in [2.05, 4.69) is 32.9 Å². The van der Waals surface area contributed by atoms with Gasteiger partial charge in [-0.2, -0.15) is 18.2 Å². The van der Waals surface area contributed by atoms with Gasteiger partial charge >= 0.3 is 6.18 Å². The van der Waals surface area contributed by atoms with E-state index in [0.29, 0.717) is 23.6 Å². The van der Waals surface area contributed by atoms with Crippen LogP contribution < -0.4 is 4.90 Å². The molecule has 0 atom stereocenters. The van der Waals surface area contributed by atoms with Crippen molar-refractivity contribution < 1.29 is 13.2 Å². The lowest BCUT2D eigenvalue weighted by atomic mass is 10.0. The molecule has 0 spiro atoms. The highest BCUT2D eigenvalue weighted by Gasteiger charge is 2.39. The van der Waals surface area contributed by atoms with E-state index in [-0.39, 0.29) is 29.6 Å². The quantitative estimate of drug-likeness (QED) is 0.313. The highest BCUT2D eigenvalue weighted by Crippen LogP contribution is 2.38. The molecule has 0 bridgehead atoms. The Morgan fingerprint density at radius 1 is 1.09 bits per heavy atom. The molecule has 0 unspecified atom stereocenters. The van der Waals surface area contributed by atoms with E-state index in [0.717, 1.165) is 23.1 Å². The van der Waals surface area contributed by atoms with E-state index in [9.17, 15) is 13.2 Å². The zero-order chi connectivity index (χ0) is 23.2. The Labute approximate surface area is 197 Å². The molecule has 1 aromatic carbocycles. The fraction of sp³-hybridized carbons (Fsp3) is 0.304. The largest absolute Gasteiger partial charge is 0.433 e. The second-order valence-electron chi connectivity index (χ2n) is 7.85. The van der Waals surface area contributed by atoms with E-state index in [4.69, 9.17) is 11.6 Å². The van der Waals surface area contributed by atoms with Gasteiger partial charge in [-0.25, -0.2) is 15.0 Å². The minimum absolute atomic E-state index is 0.0650. The van der Waals surface area contributed by atoms with E-state index in [1.807, 2.05) is 4.90 Å². The fourth-order valence-electron chi connectivity index (χ4n) is 4.10. The summed E-state index contributed by atoms with van der Waals surface area (Å²) in [6, 6.07) is 10.8. The summed E-state index contributed by atoms with van der Waals surface area (Å²) in [6.07, 6.45) is -2.48. The molecular weight excluding hydrogens is 471 g/mol. The second kappa shape index (κ2) is 8.53. The average Bonchev–Trinajstić information content (AvgIpc) is 3.19. The standard InChI is InChI=1S/C23H19ClF3N5S/c1-2-6-14-11-16-20(30-22(24)31-21(16)33-14)32-10-9-15-17(12-32)28-19(13-7-4-3-5-8-13)29-18(15)23(25,26)27/h3-5,7-8,11H,2,6,9-10,12H2,1H3. The van der Waals surface area contributed by atoms with Gasteiger partial charge in [0, 0.05) is 22.5 Å². The summed E-state index contributed by atoms with van der Waals surface area (Å²) in [7, 11) is 0.